The summed E-state index contributed by atoms with van der Waals surface area (Å²) in [6, 6.07) is 1.36. The molecule has 0 N–H and O–H groups in total. The van der Waals surface area contributed by atoms with E-state index in [-0.39, 0.29) is 5.56 Å². The molecule has 0 saturated heterocycles. The predicted molar refractivity (Wildman–Crippen MR) is 37.6 cm³/mol. The highest BCUT2D eigenvalue weighted by molar-refractivity contribution is 7.78. The second kappa shape index (κ2) is 2.23. The highest BCUT2D eigenvalue weighted by Gasteiger charge is 1.91. The molecule has 0 atom stereocenters. The Hall–Kier alpha value is -0.770. The molecule has 0 fully saturated rings. The van der Waals surface area contributed by atoms with Crippen molar-refractivity contribution in [3.05, 3.63) is 28.4 Å². The SMILES string of the molecule is Cc1nccc(=O)n1S. The summed E-state index contributed by atoms with van der Waals surface area (Å²) in [5.41, 5.74) is -0.147. The van der Waals surface area contributed by atoms with Gasteiger partial charge in [-0.2, -0.15) is 0 Å². The fourth-order valence-electron chi connectivity index (χ4n) is 0.494. The summed E-state index contributed by atoms with van der Waals surface area (Å²) in [5, 5.41) is 0. The Balaban J connectivity index is 3.43. The fourth-order valence-corrected chi connectivity index (χ4v) is 0.612. The largest absolute Gasteiger partial charge is 0.268 e. The van der Waals surface area contributed by atoms with Crippen molar-refractivity contribution in [1.82, 2.24) is 8.96 Å². The van der Waals surface area contributed by atoms with Gasteiger partial charge in [-0.15, -0.1) is 0 Å². The van der Waals surface area contributed by atoms with Gasteiger partial charge in [0.05, 0.1) is 0 Å². The third-order valence-electron chi connectivity index (χ3n) is 0.994. The van der Waals surface area contributed by atoms with E-state index in [1.807, 2.05) is 0 Å². The van der Waals surface area contributed by atoms with Crippen LogP contribution in [0.5, 0.6) is 0 Å². The molecule has 4 heteroatoms. The molecule has 1 aromatic heterocycles. The van der Waals surface area contributed by atoms with Gasteiger partial charge < -0.3 is 0 Å². The van der Waals surface area contributed by atoms with E-state index in [2.05, 4.69) is 17.8 Å². The van der Waals surface area contributed by atoms with E-state index in [9.17, 15) is 4.79 Å². The van der Waals surface area contributed by atoms with Crippen molar-refractivity contribution in [2.75, 3.05) is 0 Å². The molecule has 0 amide bonds. The topological polar surface area (TPSA) is 34.9 Å². The Morgan fingerprint density at radius 1 is 1.78 bits per heavy atom. The van der Waals surface area contributed by atoms with E-state index in [1.165, 1.54) is 16.2 Å². The smallest absolute Gasteiger partial charge is 0.263 e. The van der Waals surface area contributed by atoms with Crippen LogP contribution in [0.25, 0.3) is 0 Å². The van der Waals surface area contributed by atoms with Gasteiger partial charge in [-0.3, -0.25) is 4.79 Å². The molecule has 0 spiro atoms. The normalized spacial score (nSPS) is 9.56. The highest BCUT2D eigenvalue weighted by atomic mass is 32.1. The lowest BCUT2D eigenvalue weighted by Crippen LogP contribution is -2.14. The fraction of sp³-hybridized carbons (Fsp3) is 0.200. The average Bonchev–Trinajstić information content (AvgIpc) is 1.83. The number of hydrogen-bond acceptors (Lipinski definition) is 3. The van der Waals surface area contributed by atoms with E-state index < -0.39 is 0 Å². The second-order valence-corrected chi connectivity index (χ2v) is 2.04. The van der Waals surface area contributed by atoms with Gasteiger partial charge in [0.2, 0.25) is 0 Å². The van der Waals surface area contributed by atoms with Crippen molar-refractivity contribution in [3.63, 3.8) is 0 Å². The Morgan fingerprint density at radius 3 is 2.89 bits per heavy atom. The van der Waals surface area contributed by atoms with Gasteiger partial charge in [0.25, 0.3) is 5.56 Å². The first kappa shape index (κ1) is 6.35. The van der Waals surface area contributed by atoms with Crippen molar-refractivity contribution in [2.24, 2.45) is 0 Å². The molecule has 3 nitrogen and oxygen atoms in total. The first-order valence-corrected chi connectivity index (χ1v) is 2.86. The summed E-state index contributed by atoms with van der Waals surface area (Å²) in [5.74, 6) is 0.603. The molecule has 1 rings (SSSR count). The van der Waals surface area contributed by atoms with Crippen LogP contribution in [-0.4, -0.2) is 8.96 Å². The first-order chi connectivity index (χ1) is 4.22. The number of aryl methyl sites for hydroxylation is 1. The number of rotatable bonds is 0. The first-order valence-electron chi connectivity index (χ1n) is 2.46. The third kappa shape index (κ3) is 1.13. The van der Waals surface area contributed by atoms with E-state index in [0.717, 1.165) is 0 Å². The van der Waals surface area contributed by atoms with E-state index in [1.54, 1.807) is 6.92 Å². The molecule has 0 saturated carbocycles. The molecule has 0 aromatic carbocycles. The second-order valence-electron chi connectivity index (χ2n) is 1.64. The Labute approximate surface area is 57.9 Å². The van der Waals surface area contributed by atoms with Gasteiger partial charge >= 0.3 is 0 Å². The standard InChI is InChI=1S/C5H6N2OS/c1-4-6-3-2-5(8)7(4)9/h2-3,9H,1H3. The van der Waals surface area contributed by atoms with Crippen molar-refractivity contribution >= 4 is 12.8 Å². The molecule has 0 aliphatic heterocycles. The number of thiol groups is 1. The van der Waals surface area contributed by atoms with Crippen LogP contribution >= 0.6 is 12.8 Å². The zero-order valence-electron chi connectivity index (χ0n) is 4.90. The van der Waals surface area contributed by atoms with Crippen molar-refractivity contribution < 1.29 is 0 Å². The van der Waals surface area contributed by atoms with Gasteiger partial charge in [-0.25, -0.2) is 8.96 Å². The monoisotopic (exact) mass is 142 g/mol. The van der Waals surface area contributed by atoms with Crippen LogP contribution in [0.3, 0.4) is 0 Å². The van der Waals surface area contributed by atoms with Crippen LogP contribution < -0.4 is 5.56 Å². The Morgan fingerprint density at radius 2 is 2.44 bits per heavy atom. The van der Waals surface area contributed by atoms with Crippen LogP contribution in [0.1, 0.15) is 5.82 Å². The van der Waals surface area contributed by atoms with E-state index in [0.29, 0.717) is 5.82 Å². The maximum absolute atomic E-state index is 10.7. The summed E-state index contributed by atoms with van der Waals surface area (Å²) < 4.78 is 1.19. The van der Waals surface area contributed by atoms with Gasteiger partial charge in [-0.1, -0.05) is 12.8 Å². The molecule has 0 aliphatic rings. The minimum absolute atomic E-state index is 0.147. The van der Waals surface area contributed by atoms with E-state index in [4.69, 9.17) is 0 Å². The molecular formula is C5H6N2OS. The molecule has 0 radical (unpaired) electrons. The summed E-state index contributed by atoms with van der Waals surface area (Å²) in [6.07, 6.45) is 1.46. The molecule has 0 aliphatic carbocycles. The minimum atomic E-state index is -0.147. The summed E-state index contributed by atoms with van der Waals surface area (Å²) in [6.45, 7) is 1.72. The molecule has 1 aromatic rings. The zero-order chi connectivity index (χ0) is 6.85. The van der Waals surface area contributed by atoms with Gasteiger partial charge in [0, 0.05) is 12.3 Å². The van der Waals surface area contributed by atoms with Crippen LogP contribution in [-0.2, 0) is 0 Å². The van der Waals surface area contributed by atoms with Gasteiger partial charge in [0.1, 0.15) is 5.82 Å². The lowest BCUT2D eigenvalue weighted by molar-refractivity contribution is 0.973. The van der Waals surface area contributed by atoms with Crippen LogP contribution in [0.15, 0.2) is 17.1 Å². The quantitative estimate of drug-likeness (QED) is 0.527. The third-order valence-corrected chi connectivity index (χ3v) is 1.48. The highest BCUT2D eigenvalue weighted by Crippen LogP contribution is 1.87. The number of aromatic nitrogens is 2. The maximum Gasteiger partial charge on any atom is 0.263 e. The predicted octanol–water partition coefficient (Wildman–Crippen LogP) is 0.245. The number of hydrogen-bond donors (Lipinski definition) is 1. The lowest BCUT2D eigenvalue weighted by atomic mass is 10.6. The maximum atomic E-state index is 10.7. The Kier molecular flexibility index (Phi) is 1.57. The average molecular weight is 142 g/mol. The minimum Gasteiger partial charge on any atom is -0.268 e. The Bertz CT molecular complexity index is 268. The van der Waals surface area contributed by atoms with Crippen molar-refractivity contribution in [3.8, 4) is 0 Å². The summed E-state index contributed by atoms with van der Waals surface area (Å²) >= 11 is 3.85. The molecule has 0 unspecified atom stereocenters. The molecule has 9 heavy (non-hydrogen) atoms. The lowest BCUT2D eigenvalue weighted by Gasteiger charge is -1.95. The summed E-state index contributed by atoms with van der Waals surface area (Å²) in [4.78, 5) is 14.5. The van der Waals surface area contributed by atoms with Gasteiger partial charge in [-0.05, 0) is 6.92 Å². The molecule has 48 valence electrons. The number of nitrogens with zero attached hydrogens (tertiary/aromatic N) is 2. The summed E-state index contributed by atoms with van der Waals surface area (Å²) in [7, 11) is 0. The molecular weight excluding hydrogens is 136 g/mol. The van der Waals surface area contributed by atoms with Crippen molar-refractivity contribution in [1.29, 1.82) is 0 Å². The van der Waals surface area contributed by atoms with Crippen LogP contribution in [0, 0.1) is 6.92 Å². The molecule has 1 heterocycles. The van der Waals surface area contributed by atoms with E-state index >= 15 is 0 Å². The van der Waals surface area contributed by atoms with Gasteiger partial charge in [0.15, 0.2) is 0 Å². The van der Waals surface area contributed by atoms with Crippen LogP contribution in [0.2, 0.25) is 0 Å². The van der Waals surface area contributed by atoms with Crippen molar-refractivity contribution in [2.45, 2.75) is 6.92 Å². The molecule has 0 bridgehead atoms. The van der Waals surface area contributed by atoms with Crippen LogP contribution in [0.4, 0.5) is 0 Å². The zero-order valence-corrected chi connectivity index (χ0v) is 5.80.